The molecule has 4 heterocycles. The van der Waals surface area contributed by atoms with Crippen LogP contribution in [0.1, 0.15) is 32.5 Å². The van der Waals surface area contributed by atoms with Crippen molar-refractivity contribution in [3.05, 3.63) is 71.7 Å². The summed E-state index contributed by atoms with van der Waals surface area (Å²) in [7, 11) is 0. The van der Waals surface area contributed by atoms with Gasteiger partial charge in [0.25, 0.3) is 11.8 Å². The third-order valence-corrected chi connectivity index (χ3v) is 5.86. The van der Waals surface area contributed by atoms with Gasteiger partial charge in [-0.05, 0) is 24.3 Å². The van der Waals surface area contributed by atoms with E-state index >= 15 is 0 Å². The van der Waals surface area contributed by atoms with Gasteiger partial charge in [-0.2, -0.15) is 0 Å². The monoisotopic (exact) mass is 432 g/mol. The molecule has 2 aliphatic heterocycles. The molecule has 5 rings (SSSR count). The number of morpholine rings is 2. The molecule has 0 spiro atoms. The molecule has 0 bridgehead atoms. The highest BCUT2D eigenvalue weighted by molar-refractivity contribution is 6.06. The van der Waals surface area contributed by atoms with E-state index < -0.39 is 6.10 Å². The van der Waals surface area contributed by atoms with Crippen LogP contribution >= 0.6 is 0 Å². The molecule has 1 aromatic carbocycles. The van der Waals surface area contributed by atoms with Crippen molar-refractivity contribution in [2.75, 3.05) is 46.0 Å². The lowest BCUT2D eigenvalue weighted by molar-refractivity contribution is -0.0246. The minimum Gasteiger partial charge on any atom is -0.378 e. The van der Waals surface area contributed by atoms with Gasteiger partial charge in [0.15, 0.2) is 0 Å². The first-order valence-electron chi connectivity index (χ1n) is 10.8. The third kappa shape index (κ3) is 4.06. The Hall–Kier alpha value is -3.36. The van der Waals surface area contributed by atoms with Crippen molar-refractivity contribution in [2.45, 2.75) is 6.10 Å². The van der Waals surface area contributed by atoms with Gasteiger partial charge >= 0.3 is 0 Å². The highest BCUT2D eigenvalue weighted by atomic mass is 16.5. The van der Waals surface area contributed by atoms with Crippen LogP contribution in [0.5, 0.6) is 0 Å². The predicted molar refractivity (Wildman–Crippen MR) is 117 cm³/mol. The SMILES string of the molecule is O=C(c1cccnc1)N1CCOC(c2cc(C(=O)N3CCOCC3)c3ccccc3n2)C1. The van der Waals surface area contributed by atoms with Crippen LogP contribution in [-0.4, -0.2) is 77.6 Å². The second kappa shape index (κ2) is 9.02. The second-order valence-corrected chi connectivity index (χ2v) is 7.87. The van der Waals surface area contributed by atoms with Crippen LogP contribution in [-0.2, 0) is 9.47 Å². The summed E-state index contributed by atoms with van der Waals surface area (Å²) in [5.74, 6) is -0.121. The fourth-order valence-corrected chi connectivity index (χ4v) is 4.16. The van der Waals surface area contributed by atoms with Gasteiger partial charge in [-0.3, -0.25) is 14.6 Å². The van der Waals surface area contributed by atoms with E-state index in [9.17, 15) is 9.59 Å². The maximum absolute atomic E-state index is 13.3. The molecule has 1 unspecified atom stereocenters. The lowest BCUT2D eigenvalue weighted by atomic mass is 10.0. The maximum Gasteiger partial charge on any atom is 0.255 e. The summed E-state index contributed by atoms with van der Waals surface area (Å²) >= 11 is 0. The summed E-state index contributed by atoms with van der Waals surface area (Å²) in [6, 6.07) is 13.0. The van der Waals surface area contributed by atoms with Gasteiger partial charge < -0.3 is 19.3 Å². The zero-order valence-corrected chi connectivity index (χ0v) is 17.6. The number of nitrogens with zero attached hydrogens (tertiary/aromatic N) is 4. The minimum atomic E-state index is -0.412. The largest absolute Gasteiger partial charge is 0.378 e. The van der Waals surface area contributed by atoms with E-state index in [1.54, 1.807) is 29.4 Å². The van der Waals surface area contributed by atoms with Gasteiger partial charge in [-0.15, -0.1) is 0 Å². The predicted octanol–water partition coefficient (Wildman–Crippen LogP) is 2.32. The Bertz CT molecular complexity index is 1130. The van der Waals surface area contributed by atoms with E-state index in [4.69, 9.17) is 14.5 Å². The maximum atomic E-state index is 13.3. The Morgan fingerprint density at radius 1 is 0.938 bits per heavy atom. The van der Waals surface area contributed by atoms with Crippen molar-refractivity contribution in [2.24, 2.45) is 0 Å². The van der Waals surface area contributed by atoms with Gasteiger partial charge in [0.2, 0.25) is 0 Å². The van der Waals surface area contributed by atoms with E-state index in [-0.39, 0.29) is 11.8 Å². The number of carbonyl (C=O) groups excluding carboxylic acids is 2. The molecule has 8 heteroatoms. The lowest BCUT2D eigenvalue weighted by Crippen LogP contribution is -2.43. The molecule has 0 aliphatic carbocycles. The van der Waals surface area contributed by atoms with Gasteiger partial charge in [0.05, 0.1) is 48.7 Å². The van der Waals surface area contributed by atoms with E-state index in [2.05, 4.69) is 4.98 Å². The average Bonchev–Trinajstić information content (AvgIpc) is 2.88. The number of para-hydroxylation sites is 1. The number of pyridine rings is 2. The van der Waals surface area contributed by atoms with Crippen LogP contribution in [0.15, 0.2) is 54.9 Å². The Labute approximate surface area is 185 Å². The van der Waals surface area contributed by atoms with Crippen LogP contribution in [0.3, 0.4) is 0 Å². The number of ether oxygens (including phenoxy) is 2. The molecule has 2 saturated heterocycles. The molecule has 2 aliphatic rings. The number of amides is 2. The van der Waals surface area contributed by atoms with Gasteiger partial charge in [-0.1, -0.05) is 18.2 Å². The smallest absolute Gasteiger partial charge is 0.255 e. The van der Waals surface area contributed by atoms with Crippen LogP contribution in [0.2, 0.25) is 0 Å². The van der Waals surface area contributed by atoms with Crippen molar-refractivity contribution < 1.29 is 19.1 Å². The summed E-state index contributed by atoms with van der Waals surface area (Å²) in [5.41, 5.74) is 2.54. The van der Waals surface area contributed by atoms with Crippen molar-refractivity contribution in [1.29, 1.82) is 0 Å². The molecule has 2 aromatic heterocycles. The molecular formula is C24H24N4O4. The fraction of sp³-hybridized carbons (Fsp3) is 0.333. The van der Waals surface area contributed by atoms with E-state index in [0.717, 1.165) is 10.9 Å². The van der Waals surface area contributed by atoms with Crippen LogP contribution < -0.4 is 0 Å². The van der Waals surface area contributed by atoms with Crippen LogP contribution in [0.25, 0.3) is 10.9 Å². The van der Waals surface area contributed by atoms with E-state index in [1.807, 2.05) is 35.2 Å². The summed E-state index contributed by atoms with van der Waals surface area (Å²) in [6.45, 7) is 3.48. The molecule has 8 nitrogen and oxygen atoms in total. The molecule has 32 heavy (non-hydrogen) atoms. The number of hydrogen-bond donors (Lipinski definition) is 0. The number of fused-ring (bicyclic) bond motifs is 1. The number of rotatable bonds is 3. The fourth-order valence-electron chi connectivity index (χ4n) is 4.16. The zero-order chi connectivity index (χ0) is 21.9. The molecule has 0 radical (unpaired) electrons. The van der Waals surface area contributed by atoms with E-state index in [1.165, 1.54) is 0 Å². The molecular weight excluding hydrogens is 408 g/mol. The average molecular weight is 432 g/mol. The Morgan fingerprint density at radius 2 is 1.75 bits per heavy atom. The van der Waals surface area contributed by atoms with Crippen LogP contribution in [0, 0.1) is 0 Å². The molecule has 3 aromatic rings. The summed E-state index contributed by atoms with van der Waals surface area (Å²) in [6.07, 6.45) is 2.80. The van der Waals surface area contributed by atoms with Gasteiger partial charge in [0, 0.05) is 37.4 Å². The Balaban J connectivity index is 1.46. The second-order valence-electron chi connectivity index (χ2n) is 7.87. The van der Waals surface area contributed by atoms with Crippen molar-refractivity contribution in [3.63, 3.8) is 0 Å². The zero-order valence-electron chi connectivity index (χ0n) is 17.6. The summed E-state index contributed by atoms with van der Waals surface area (Å²) in [5, 5.41) is 0.812. The van der Waals surface area contributed by atoms with Crippen molar-refractivity contribution >= 4 is 22.7 Å². The van der Waals surface area contributed by atoms with Crippen molar-refractivity contribution in [1.82, 2.24) is 19.8 Å². The first-order valence-corrected chi connectivity index (χ1v) is 10.8. The van der Waals surface area contributed by atoms with Gasteiger partial charge in [-0.25, -0.2) is 4.98 Å². The first-order chi connectivity index (χ1) is 15.7. The molecule has 1 atom stereocenters. The highest BCUT2D eigenvalue weighted by Crippen LogP contribution is 2.27. The molecule has 0 N–H and O–H groups in total. The lowest BCUT2D eigenvalue weighted by Gasteiger charge is -2.33. The van der Waals surface area contributed by atoms with Crippen molar-refractivity contribution in [3.8, 4) is 0 Å². The molecule has 164 valence electrons. The quantitative estimate of drug-likeness (QED) is 0.632. The third-order valence-electron chi connectivity index (χ3n) is 5.86. The number of carbonyl (C=O) groups is 2. The topological polar surface area (TPSA) is 84.9 Å². The number of aromatic nitrogens is 2. The van der Waals surface area contributed by atoms with Crippen LogP contribution in [0.4, 0.5) is 0 Å². The Kier molecular flexibility index (Phi) is 5.79. The minimum absolute atomic E-state index is 0.0350. The number of hydrogen-bond acceptors (Lipinski definition) is 6. The van der Waals surface area contributed by atoms with Gasteiger partial charge in [0.1, 0.15) is 6.10 Å². The first kappa shape index (κ1) is 20.5. The van der Waals surface area contributed by atoms with E-state index in [0.29, 0.717) is 62.8 Å². The molecule has 2 amide bonds. The molecule has 2 fully saturated rings. The number of benzene rings is 1. The normalized spacial score (nSPS) is 19.2. The summed E-state index contributed by atoms with van der Waals surface area (Å²) in [4.78, 5) is 38.6. The Morgan fingerprint density at radius 3 is 2.56 bits per heavy atom. The summed E-state index contributed by atoms with van der Waals surface area (Å²) < 4.78 is 11.4. The standard InChI is InChI=1S/C24H24N4O4/c29-23(17-4-3-7-25-15-17)28-10-13-32-22(16-28)21-14-19(18-5-1-2-6-20(18)26-21)24(30)27-8-11-31-12-9-27/h1-7,14-15,22H,8-13,16H2. The molecule has 0 saturated carbocycles. The highest BCUT2D eigenvalue weighted by Gasteiger charge is 2.29.